The molecule has 154 valence electrons. The Kier molecular flexibility index (Phi) is 4.47. The number of anilines is 1. The Bertz CT molecular complexity index is 1140. The van der Waals surface area contributed by atoms with E-state index in [0.29, 0.717) is 17.1 Å². The molecule has 2 heterocycles. The summed E-state index contributed by atoms with van der Waals surface area (Å²) in [5.74, 6) is -0.437. The van der Waals surface area contributed by atoms with E-state index in [1.807, 2.05) is 31.2 Å². The summed E-state index contributed by atoms with van der Waals surface area (Å²) in [7, 11) is 2.09. The number of nitrogens with one attached hydrogen (secondary N) is 2. The van der Waals surface area contributed by atoms with Crippen molar-refractivity contribution >= 4 is 22.5 Å². The summed E-state index contributed by atoms with van der Waals surface area (Å²) in [4.78, 5) is 19.7. The van der Waals surface area contributed by atoms with Crippen molar-refractivity contribution < 1.29 is 9.18 Å². The molecule has 1 saturated carbocycles. The number of likely N-dealkylation sites (tertiary alicyclic amines) is 1. The molecular formula is C24H25FN4O. The number of likely N-dealkylation sites (N-methyl/N-ethyl adjacent to an activating group) is 1. The van der Waals surface area contributed by atoms with Gasteiger partial charge in [-0.3, -0.25) is 9.78 Å². The molecule has 2 fully saturated rings. The summed E-state index contributed by atoms with van der Waals surface area (Å²) in [6.45, 7) is 3.96. The number of nitrogens with zero attached hydrogens (tertiary/aromatic N) is 2. The predicted octanol–water partition coefficient (Wildman–Crippen LogP) is 3.83. The third kappa shape index (κ3) is 3.31. The van der Waals surface area contributed by atoms with Gasteiger partial charge in [-0.15, -0.1) is 0 Å². The average Bonchev–Trinajstić information content (AvgIpc) is 3.48. The van der Waals surface area contributed by atoms with Gasteiger partial charge in [0.05, 0.1) is 11.6 Å². The SMILES string of the molecule is Cc1ccc(NC2CN(C)C2)cc1C(=O)NC1(c2ccc(F)c3ncccc23)CC1. The molecule has 1 saturated heterocycles. The summed E-state index contributed by atoms with van der Waals surface area (Å²) in [6, 6.07) is 13.3. The van der Waals surface area contributed by atoms with Crippen LogP contribution in [0.25, 0.3) is 10.9 Å². The van der Waals surface area contributed by atoms with Gasteiger partial charge in [-0.05, 0) is 62.2 Å². The fourth-order valence-electron chi connectivity index (χ4n) is 4.41. The van der Waals surface area contributed by atoms with Gasteiger partial charge < -0.3 is 15.5 Å². The number of rotatable bonds is 5. The highest BCUT2D eigenvalue weighted by atomic mass is 19.1. The lowest BCUT2D eigenvalue weighted by Gasteiger charge is -2.37. The van der Waals surface area contributed by atoms with E-state index in [4.69, 9.17) is 0 Å². The Morgan fingerprint density at radius 3 is 2.73 bits per heavy atom. The van der Waals surface area contributed by atoms with Gasteiger partial charge in [-0.1, -0.05) is 18.2 Å². The zero-order valence-electron chi connectivity index (χ0n) is 17.2. The highest BCUT2D eigenvalue weighted by molar-refractivity contribution is 5.98. The summed E-state index contributed by atoms with van der Waals surface area (Å²) in [6.07, 6.45) is 3.26. The molecule has 3 aromatic rings. The van der Waals surface area contributed by atoms with Gasteiger partial charge in [0.1, 0.15) is 11.3 Å². The number of halogens is 1. The largest absolute Gasteiger partial charge is 0.380 e. The second-order valence-electron chi connectivity index (χ2n) is 8.62. The van der Waals surface area contributed by atoms with Crippen molar-refractivity contribution in [1.82, 2.24) is 15.2 Å². The van der Waals surface area contributed by atoms with Gasteiger partial charge in [0.2, 0.25) is 0 Å². The molecule has 2 aromatic carbocycles. The van der Waals surface area contributed by atoms with E-state index < -0.39 is 5.54 Å². The average molecular weight is 404 g/mol. The first-order valence-corrected chi connectivity index (χ1v) is 10.4. The number of pyridine rings is 1. The van der Waals surface area contributed by atoms with Gasteiger partial charge >= 0.3 is 0 Å². The Balaban J connectivity index is 1.41. The first-order chi connectivity index (χ1) is 14.4. The zero-order chi connectivity index (χ0) is 20.9. The second kappa shape index (κ2) is 7.06. The molecule has 1 aliphatic heterocycles. The van der Waals surface area contributed by atoms with Gasteiger partial charge in [-0.2, -0.15) is 0 Å². The number of carbonyl (C=O) groups excluding carboxylic acids is 1. The normalized spacial score (nSPS) is 18.1. The van der Waals surface area contributed by atoms with Crippen molar-refractivity contribution in [2.24, 2.45) is 0 Å². The quantitative estimate of drug-likeness (QED) is 0.679. The van der Waals surface area contributed by atoms with Crippen LogP contribution < -0.4 is 10.6 Å². The van der Waals surface area contributed by atoms with Crippen molar-refractivity contribution in [3.63, 3.8) is 0 Å². The van der Waals surface area contributed by atoms with E-state index in [2.05, 4.69) is 27.6 Å². The van der Waals surface area contributed by atoms with Crippen LogP contribution in [-0.2, 0) is 5.54 Å². The van der Waals surface area contributed by atoms with Crippen LogP contribution in [0.2, 0.25) is 0 Å². The molecule has 2 aliphatic rings. The molecule has 30 heavy (non-hydrogen) atoms. The third-order valence-electron chi connectivity index (χ3n) is 6.26. The Labute approximate surface area is 175 Å². The van der Waals surface area contributed by atoms with Crippen molar-refractivity contribution in [3.05, 3.63) is 71.2 Å². The van der Waals surface area contributed by atoms with Gasteiger partial charge in [0.25, 0.3) is 5.91 Å². The minimum absolute atomic E-state index is 0.0965. The maximum absolute atomic E-state index is 14.2. The van der Waals surface area contributed by atoms with Gasteiger partial charge in [-0.25, -0.2) is 4.39 Å². The Hall–Kier alpha value is -2.99. The standard InChI is InChI=1S/C24H25FN4O/c1-15-5-6-16(27-17-13-29(2)14-17)12-19(15)23(30)28-24(9-10-24)20-7-8-21(25)22-18(20)4-3-11-26-22/h3-8,11-12,17,27H,9-10,13-14H2,1-2H3,(H,28,30). The summed E-state index contributed by atoms with van der Waals surface area (Å²) >= 11 is 0. The number of fused-ring (bicyclic) bond motifs is 1. The molecule has 5 nitrogen and oxygen atoms in total. The van der Waals surface area contributed by atoms with Crippen molar-refractivity contribution in [1.29, 1.82) is 0 Å². The van der Waals surface area contributed by atoms with E-state index >= 15 is 0 Å². The molecular weight excluding hydrogens is 379 g/mol. The number of hydrogen-bond acceptors (Lipinski definition) is 4. The number of aromatic nitrogens is 1. The smallest absolute Gasteiger partial charge is 0.252 e. The molecule has 0 bridgehead atoms. The maximum atomic E-state index is 14.2. The maximum Gasteiger partial charge on any atom is 0.252 e. The zero-order valence-corrected chi connectivity index (χ0v) is 17.2. The van der Waals surface area contributed by atoms with E-state index in [1.165, 1.54) is 6.07 Å². The van der Waals surface area contributed by atoms with E-state index in [1.54, 1.807) is 18.3 Å². The van der Waals surface area contributed by atoms with Crippen molar-refractivity contribution in [3.8, 4) is 0 Å². The molecule has 1 aromatic heterocycles. The predicted molar refractivity (Wildman–Crippen MR) is 116 cm³/mol. The Morgan fingerprint density at radius 2 is 2.00 bits per heavy atom. The molecule has 1 amide bonds. The summed E-state index contributed by atoms with van der Waals surface area (Å²) in [5.41, 5.74) is 3.39. The lowest BCUT2D eigenvalue weighted by Crippen LogP contribution is -2.52. The highest BCUT2D eigenvalue weighted by Crippen LogP contribution is 2.48. The van der Waals surface area contributed by atoms with Crippen molar-refractivity contribution in [2.75, 3.05) is 25.5 Å². The van der Waals surface area contributed by atoms with Gasteiger partial charge in [0.15, 0.2) is 0 Å². The van der Waals surface area contributed by atoms with Crippen LogP contribution >= 0.6 is 0 Å². The Morgan fingerprint density at radius 1 is 1.20 bits per heavy atom. The van der Waals surface area contributed by atoms with Crippen LogP contribution in [0.15, 0.2) is 48.7 Å². The van der Waals surface area contributed by atoms with Crippen molar-refractivity contribution in [2.45, 2.75) is 31.3 Å². The number of benzene rings is 2. The van der Waals surface area contributed by atoms with Crippen LogP contribution in [0, 0.1) is 12.7 Å². The van der Waals surface area contributed by atoms with E-state index in [9.17, 15) is 9.18 Å². The topological polar surface area (TPSA) is 57.3 Å². The monoisotopic (exact) mass is 404 g/mol. The molecule has 1 aliphatic carbocycles. The summed E-state index contributed by atoms with van der Waals surface area (Å²) in [5, 5.41) is 7.50. The van der Waals surface area contributed by atoms with Crippen LogP contribution in [0.4, 0.5) is 10.1 Å². The van der Waals surface area contributed by atoms with E-state index in [-0.39, 0.29) is 11.7 Å². The fourth-order valence-corrected chi connectivity index (χ4v) is 4.41. The molecule has 5 rings (SSSR count). The first kappa shape index (κ1) is 19.0. The molecule has 2 N–H and O–H groups in total. The van der Waals surface area contributed by atoms with Crippen LogP contribution in [0.3, 0.4) is 0 Å². The van der Waals surface area contributed by atoms with Crippen LogP contribution in [-0.4, -0.2) is 42.0 Å². The second-order valence-corrected chi connectivity index (χ2v) is 8.62. The highest BCUT2D eigenvalue weighted by Gasteiger charge is 2.47. The number of aryl methyl sites for hydroxylation is 1. The lowest BCUT2D eigenvalue weighted by molar-refractivity contribution is 0.0930. The molecule has 0 unspecified atom stereocenters. The number of amides is 1. The fraction of sp³-hybridized carbons (Fsp3) is 0.333. The molecule has 0 radical (unpaired) electrons. The number of hydrogen-bond donors (Lipinski definition) is 2. The number of carbonyl (C=O) groups is 1. The molecule has 0 spiro atoms. The molecule has 6 heteroatoms. The van der Waals surface area contributed by atoms with E-state index in [0.717, 1.165) is 48.1 Å². The first-order valence-electron chi connectivity index (χ1n) is 10.4. The van der Waals surface area contributed by atoms with Gasteiger partial charge in [0, 0.05) is 35.9 Å². The summed E-state index contributed by atoms with van der Waals surface area (Å²) < 4.78 is 14.2. The van der Waals surface area contributed by atoms with Crippen LogP contribution in [0.5, 0.6) is 0 Å². The third-order valence-corrected chi connectivity index (χ3v) is 6.26. The van der Waals surface area contributed by atoms with Crippen LogP contribution in [0.1, 0.15) is 34.3 Å². The lowest BCUT2D eigenvalue weighted by atomic mass is 9.98. The minimum Gasteiger partial charge on any atom is -0.380 e. The molecule has 0 atom stereocenters. The minimum atomic E-state index is -0.460.